The van der Waals surface area contributed by atoms with Crippen LogP contribution in [0.2, 0.25) is 0 Å². The van der Waals surface area contributed by atoms with Crippen molar-refractivity contribution in [3.8, 4) is 17.2 Å². The van der Waals surface area contributed by atoms with E-state index in [1.54, 1.807) is 0 Å². The van der Waals surface area contributed by atoms with Gasteiger partial charge in [-0.2, -0.15) is 0 Å². The second kappa shape index (κ2) is 12.2. The summed E-state index contributed by atoms with van der Waals surface area (Å²) < 4.78 is 29.9. The Hall–Kier alpha value is -3.37. The number of nitrogens with two attached hydrogens (primary N) is 1. The van der Waals surface area contributed by atoms with E-state index in [2.05, 4.69) is 5.32 Å². The first-order valence-corrected chi connectivity index (χ1v) is 11.0. The number of ether oxygens (including phenoxy) is 3. The van der Waals surface area contributed by atoms with Crippen LogP contribution in [0.4, 0.5) is 4.39 Å². The third-order valence-corrected chi connectivity index (χ3v) is 5.70. The van der Waals surface area contributed by atoms with Gasteiger partial charge in [0.15, 0.2) is 11.5 Å². The van der Waals surface area contributed by atoms with Crippen molar-refractivity contribution in [2.75, 3.05) is 26.5 Å². The summed E-state index contributed by atoms with van der Waals surface area (Å²) >= 11 is 0. The molecule has 184 valence electrons. The summed E-state index contributed by atoms with van der Waals surface area (Å²) in [5.74, 6) is 0.590. The van der Waals surface area contributed by atoms with Crippen molar-refractivity contribution in [2.24, 2.45) is 11.7 Å². The maximum absolute atomic E-state index is 13.2. The lowest BCUT2D eigenvalue weighted by Gasteiger charge is -2.32. The standard InChI is InChI=1S/C19H20FNO3.C5H9NO4/c20-15-3-1-13(2-4-15)17-7-8-21-10-14(17)11-22-16-5-6-18-19(9-16)24-12-23-18;6-3(5(9)10)1-2-4(7)8/h1-6,9,14,17,21H,7-8,10-12H2;3H,1-2,6H2,(H,7,8)(H,9,10)/t14-,17-;/m0./s1. The molecular weight excluding hydrogens is 447 g/mol. The van der Waals surface area contributed by atoms with Crippen LogP contribution in [0.1, 0.15) is 30.7 Å². The maximum Gasteiger partial charge on any atom is 0.320 e. The number of halogens is 1. The van der Waals surface area contributed by atoms with E-state index in [9.17, 15) is 14.0 Å². The molecule has 2 aromatic carbocycles. The van der Waals surface area contributed by atoms with E-state index < -0.39 is 18.0 Å². The average molecular weight is 477 g/mol. The lowest BCUT2D eigenvalue weighted by molar-refractivity contribution is -0.139. The molecule has 0 spiro atoms. The van der Waals surface area contributed by atoms with Crippen molar-refractivity contribution in [3.05, 3.63) is 53.8 Å². The molecule has 10 heteroatoms. The number of hydrogen-bond acceptors (Lipinski definition) is 7. The Balaban J connectivity index is 0.000000277. The zero-order valence-corrected chi connectivity index (χ0v) is 18.6. The summed E-state index contributed by atoms with van der Waals surface area (Å²) in [7, 11) is 0. The molecule has 1 saturated heterocycles. The molecule has 9 nitrogen and oxygen atoms in total. The minimum atomic E-state index is -1.17. The van der Waals surface area contributed by atoms with Crippen molar-refractivity contribution in [1.29, 1.82) is 0 Å². The lowest BCUT2D eigenvalue weighted by Crippen LogP contribution is -2.38. The van der Waals surface area contributed by atoms with Gasteiger partial charge in [-0.15, -0.1) is 0 Å². The molecule has 1 unspecified atom stereocenters. The number of fused-ring (bicyclic) bond motifs is 1. The number of rotatable bonds is 8. The first-order valence-electron chi connectivity index (χ1n) is 11.0. The van der Waals surface area contributed by atoms with Gasteiger partial charge >= 0.3 is 11.9 Å². The van der Waals surface area contributed by atoms with Gasteiger partial charge in [0, 0.05) is 24.9 Å². The third-order valence-electron chi connectivity index (χ3n) is 5.70. The van der Waals surface area contributed by atoms with Crippen molar-refractivity contribution in [3.63, 3.8) is 0 Å². The van der Waals surface area contributed by atoms with Crippen LogP contribution in [0, 0.1) is 11.7 Å². The molecule has 0 bridgehead atoms. The highest BCUT2D eigenvalue weighted by Gasteiger charge is 2.27. The van der Waals surface area contributed by atoms with Gasteiger partial charge in [0.1, 0.15) is 17.6 Å². The molecule has 3 atom stereocenters. The Morgan fingerprint density at radius 3 is 2.59 bits per heavy atom. The van der Waals surface area contributed by atoms with Crippen LogP contribution < -0.4 is 25.3 Å². The second-order valence-electron chi connectivity index (χ2n) is 8.11. The van der Waals surface area contributed by atoms with Crippen molar-refractivity contribution >= 4 is 11.9 Å². The molecule has 4 rings (SSSR count). The largest absolute Gasteiger partial charge is 0.493 e. The Kier molecular flexibility index (Phi) is 9.06. The highest BCUT2D eigenvalue weighted by Crippen LogP contribution is 2.36. The highest BCUT2D eigenvalue weighted by molar-refractivity contribution is 5.74. The summed E-state index contributed by atoms with van der Waals surface area (Å²) in [5, 5.41) is 19.7. The van der Waals surface area contributed by atoms with Gasteiger partial charge < -0.3 is 35.5 Å². The Bertz CT molecular complexity index is 970. The van der Waals surface area contributed by atoms with Gasteiger partial charge in [-0.25, -0.2) is 4.39 Å². The van der Waals surface area contributed by atoms with E-state index >= 15 is 0 Å². The minimum Gasteiger partial charge on any atom is -0.493 e. The first-order chi connectivity index (χ1) is 16.3. The number of carboxylic acid groups (broad SMARTS) is 2. The van der Waals surface area contributed by atoms with Crippen LogP contribution in [-0.2, 0) is 9.59 Å². The van der Waals surface area contributed by atoms with E-state index in [1.807, 2.05) is 30.3 Å². The minimum absolute atomic E-state index is 0.0231. The monoisotopic (exact) mass is 476 g/mol. The highest BCUT2D eigenvalue weighted by atomic mass is 19.1. The van der Waals surface area contributed by atoms with Gasteiger partial charge in [-0.1, -0.05) is 12.1 Å². The molecule has 2 aromatic rings. The van der Waals surface area contributed by atoms with E-state index in [4.69, 9.17) is 30.2 Å². The molecule has 0 aromatic heterocycles. The maximum atomic E-state index is 13.2. The van der Waals surface area contributed by atoms with Crippen LogP contribution in [0.5, 0.6) is 17.2 Å². The molecule has 5 N–H and O–H groups in total. The first kappa shape index (κ1) is 25.3. The predicted molar refractivity (Wildman–Crippen MR) is 121 cm³/mol. The fraction of sp³-hybridized carbons (Fsp3) is 0.417. The summed E-state index contributed by atoms with van der Waals surface area (Å²) in [5.41, 5.74) is 6.18. The lowest BCUT2D eigenvalue weighted by atomic mass is 9.81. The molecule has 2 aliphatic rings. The molecular formula is C24H29FN2O7. The number of hydrogen-bond donors (Lipinski definition) is 4. The number of piperidine rings is 1. The van der Waals surface area contributed by atoms with E-state index in [0.29, 0.717) is 18.4 Å². The molecule has 0 saturated carbocycles. The second-order valence-corrected chi connectivity index (χ2v) is 8.11. The Morgan fingerprint density at radius 2 is 1.88 bits per heavy atom. The molecule has 2 heterocycles. The van der Waals surface area contributed by atoms with Gasteiger partial charge in [0.05, 0.1) is 6.61 Å². The third kappa shape index (κ3) is 7.32. The van der Waals surface area contributed by atoms with E-state index in [1.165, 1.54) is 17.7 Å². The smallest absolute Gasteiger partial charge is 0.320 e. The summed E-state index contributed by atoms with van der Waals surface area (Å²) in [6.45, 7) is 2.74. The Labute approximate surface area is 196 Å². The van der Waals surface area contributed by atoms with Gasteiger partial charge in [-0.05, 0) is 55.1 Å². The molecule has 34 heavy (non-hydrogen) atoms. The van der Waals surface area contributed by atoms with Crippen molar-refractivity contribution in [2.45, 2.75) is 31.2 Å². The van der Waals surface area contributed by atoms with Crippen molar-refractivity contribution in [1.82, 2.24) is 5.32 Å². The molecule has 0 amide bonds. The number of carbonyl (C=O) groups is 2. The average Bonchev–Trinajstić information content (AvgIpc) is 3.30. The van der Waals surface area contributed by atoms with Crippen LogP contribution in [0.15, 0.2) is 42.5 Å². The van der Waals surface area contributed by atoms with Crippen LogP contribution in [-0.4, -0.2) is 54.7 Å². The number of aliphatic carboxylic acids is 2. The van der Waals surface area contributed by atoms with Crippen LogP contribution >= 0.6 is 0 Å². The fourth-order valence-electron chi connectivity index (χ4n) is 3.82. The fourth-order valence-corrected chi connectivity index (χ4v) is 3.82. The normalized spacial score (nSPS) is 19.5. The molecule has 0 radical (unpaired) electrons. The van der Waals surface area contributed by atoms with E-state index in [0.717, 1.165) is 36.8 Å². The summed E-state index contributed by atoms with van der Waals surface area (Å²) in [6.07, 6.45) is 0.804. The quantitative estimate of drug-likeness (QED) is 0.452. The predicted octanol–water partition coefficient (Wildman–Crippen LogP) is 2.59. The summed E-state index contributed by atoms with van der Waals surface area (Å²) in [4.78, 5) is 19.9. The molecule has 2 aliphatic heterocycles. The van der Waals surface area contributed by atoms with Crippen LogP contribution in [0.25, 0.3) is 0 Å². The van der Waals surface area contributed by atoms with Gasteiger partial charge in [0.2, 0.25) is 6.79 Å². The SMILES string of the molecule is Fc1ccc([C@@H]2CCNC[C@H]2COc2ccc3c(c2)OCO3)cc1.NC(CCC(=O)O)C(=O)O. The molecule has 0 aliphatic carbocycles. The van der Waals surface area contributed by atoms with E-state index in [-0.39, 0.29) is 25.5 Å². The zero-order chi connectivity index (χ0) is 24.5. The van der Waals surface area contributed by atoms with Crippen LogP contribution in [0.3, 0.4) is 0 Å². The zero-order valence-electron chi connectivity index (χ0n) is 18.6. The topological polar surface area (TPSA) is 140 Å². The van der Waals surface area contributed by atoms with Gasteiger partial charge in [0.25, 0.3) is 0 Å². The molecule has 1 fully saturated rings. The number of nitrogens with one attached hydrogen (secondary N) is 1. The van der Waals surface area contributed by atoms with Crippen molar-refractivity contribution < 1.29 is 38.4 Å². The number of benzene rings is 2. The summed E-state index contributed by atoms with van der Waals surface area (Å²) in [6, 6.07) is 11.4. The number of carboxylic acids is 2. The van der Waals surface area contributed by atoms with Gasteiger partial charge in [-0.3, -0.25) is 9.59 Å². The Morgan fingerprint density at radius 1 is 1.15 bits per heavy atom.